The number of anilines is 1. The van der Waals surface area contributed by atoms with E-state index in [9.17, 15) is 8.42 Å². The highest BCUT2D eigenvalue weighted by atomic mass is 32.2. The van der Waals surface area contributed by atoms with Crippen molar-refractivity contribution in [2.75, 3.05) is 5.43 Å². The number of hydrazine groups is 1. The molecular weight excluding hydrogens is 372 g/mol. The molecule has 3 aromatic carbocycles. The number of sulfonamides is 1. The van der Waals surface area contributed by atoms with Gasteiger partial charge in [0.15, 0.2) is 5.82 Å². The number of rotatable bonds is 5. The molecular formula is C21H18N4O2S. The maximum Gasteiger partial charge on any atom is 0.257 e. The summed E-state index contributed by atoms with van der Waals surface area (Å²) in [5.74, 6) is 0.339. The number of nitrogens with one attached hydrogen (secondary N) is 2. The Morgan fingerprint density at radius 3 is 2.11 bits per heavy atom. The molecule has 6 nitrogen and oxygen atoms in total. The molecule has 7 heteroatoms. The van der Waals surface area contributed by atoms with Crippen molar-refractivity contribution in [3.05, 3.63) is 84.4 Å². The van der Waals surface area contributed by atoms with Crippen LogP contribution >= 0.6 is 0 Å². The lowest BCUT2D eigenvalue weighted by Crippen LogP contribution is -2.30. The van der Waals surface area contributed by atoms with Crippen molar-refractivity contribution in [3.8, 4) is 11.3 Å². The van der Waals surface area contributed by atoms with Gasteiger partial charge in [-0.3, -0.25) is 5.43 Å². The smallest absolute Gasteiger partial charge is 0.257 e. The van der Waals surface area contributed by atoms with Gasteiger partial charge < -0.3 is 0 Å². The van der Waals surface area contributed by atoms with Crippen LogP contribution in [-0.2, 0) is 10.0 Å². The molecule has 28 heavy (non-hydrogen) atoms. The predicted molar refractivity (Wildman–Crippen MR) is 110 cm³/mol. The SMILES string of the molecule is Cc1ccc(S(=O)(=O)NNc2nnc(-c3ccccc3)c3ccccc23)cc1. The van der Waals surface area contributed by atoms with Crippen LogP contribution in [0.25, 0.3) is 22.0 Å². The summed E-state index contributed by atoms with van der Waals surface area (Å²) < 4.78 is 25.0. The molecule has 0 bridgehead atoms. The highest BCUT2D eigenvalue weighted by Gasteiger charge is 2.16. The van der Waals surface area contributed by atoms with Gasteiger partial charge in [-0.05, 0) is 19.1 Å². The zero-order valence-corrected chi connectivity index (χ0v) is 15.9. The molecule has 0 spiro atoms. The van der Waals surface area contributed by atoms with Crippen molar-refractivity contribution in [2.24, 2.45) is 0 Å². The van der Waals surface area contributed by atoms with Crippen molar-refractivity contribution in [3.63, 3.8) is 0 Å². The molecule has 4 rings (SSSR count). The minimum absolute atomic E-state index is 0.170. The van der Waals surface area contributed by atoms with E-state index in [1.54, 1.807) is 24.3 Å². The third-order valence-corrected chi connectivity index (χ3v) is 5.63. The number of fused-ring (bicyclic) bond motifs is 1. The molecule has 1 aromatic heterocycles. The van der Waals surface area contributed by atoms with Gasteiger partial charge in [0.25, 0.3) is 10.0 Å². The number of nitrogens with zero attached hydrogens (tertiary/aromatic N) is 2. The Balaban J connectivity index is 1.68. The van der Waals surface area contributed by atoms with E-state index in [4.69, 9.17) is 0 Å². The first-order valence-electron chi connectivity index (χ1n) is 8.70. The number of aryl methyl sites for hydroxylation is 1. The predicted octanol–water partition coefficient (Wildman–Crippen LogP) is 3.91. The quantitative estimate of drug-likeness (QED) is 0.505. The fraction of sp³-hybridized carbons (Fsp3) is 0.0476. The van der Waals surface area contributed by atoms with Crippen LogP contribution in [0.5, 0.6) is 0 Å². The van der Waals surface area contributed by atoms with Gasteiger partial charge in [0.1, 0.15) is 5.69 Å². The van der Waals surface area contributed by atoms with Crippen molar-refractivity contribution in [2.45, 2.75) is 11.8 Å². The Morgan fingerprint density at radius 2 is 1.39 bits per heavy atom. The summed E-state index contributed by atoms with van der Waals surface area (Å²) in [6.45, 7) is 1.90. The maximum atomic E-state index is 12.5. The van der Waals surface area contributed by atoms with E-state index in [1.165, 1.54) is 0 Å². The van der Waals surface area contributed by atoms with Gasteiger partial charge in [-0.1, -0.05) is 72.3 Å². The fourth-order valence-electron chi connectivity index (χ4n) is 2.90. The van der Waals surface area contributed by atoms with Crippen molar-refractivity contribution in [1.29, 1.82) is 0 Å². The lowest BCUT2D eigenvalue weighted by atomic mass is 10.0. The van der Waals surface area contributed by atoms with Crippen molar-refractivity contribution < 1.29 is 8.42 Å². The molecule has 0 amide bonds. The van der Waals surface area contributed by atoms with E-state index in [1.807, 2.05) is 61.5 Å². The number of benzene rings is 3. The molecule has 0 atom stereocenters. The van der Waals surface area contributed by atoms with E-state index in [0.29, 0.717) is 5.82 Å². The Labute approximate surface area is 163 Å². The van der Waals surface area contributed by atoms with Gasteiger partial charge in [0, 0.05) is 16.3 Å². The van der Waals surface area contributed by atoms with E-state index in [2.05, 4.69) is 20.5 Å². The number of hydrogen-bond donors (Lipinski definition) is 2. The standard InChI is InChI=1S/C21H18N4O2S/c1-15-11-13-17(14-12-15)28(26,27)25-24-21-19-10-6-5-9-18(19)20(22-23-21)16-7-3-2-4-8-16/h2-14,25H,1H3,(H,23,24). The second-order valence-electron chi connectivity index (χ2n) is 6.35. The third kappa shape index (κ3) is 3.58. The Kier molecular flexibility index (Phi) is 4.77. The van der Waals surface area contributed by atoms with Crippen molar-refractivity contribution >= 4 is 26.6 Å². The molecule has 0 unspecified atom stereocenters. The van der Waals surface area contributed by atoms with Crippen LogP contribution in [0, 0.1) is 6.92 Å². The van der Waals surface area contributed by atoms with Gasteiger partial charge >= 0.3 is 0 Å². The summed E-state index contributed by atoms with van der Waals surface area (Å²) in [5, 5.41) is 10.2. The zero-order valence-electron chi connectivity index (χ0n) is 15.1. The Bertz CT molecular complexity index is 1220. The zero-order chi connectivity index (χ0) is 19.6. The molecule has 0 fully saturated rings. The third-order valence-electron chi connectivity index (χ3n) is 4.37. The Morgan fingerprint density at radius 1 is 0.750 bits per heavy atom. The second-order valence-corrected chi connectivity index (χ2v) is 8.03. The van der Waals surface area contributed by atoms with E-state index in [-0.39, 0.29) is 4.90 Å². The molecule has 0 aliphatic carbocycles. The van der Waals surface area contributed by atoms with Crippen LogP contribution in [-0.4, -0.2) is 18.6 Å². The number of hydrogen-bond acceptors (Lipinski definition) is 5. The summed E-state index contributed by atoms with van der Waals surface area (Å²) in [6, 6.07) is 23.9. The minimum Gasteiger partial charge on any atom is -0.290 e. The Hall–Kier alpha value is -3.29. The van der Waals surface area contributed by atoms with E-state index in [0.717, 1.165) is 27.6 Å². The van der Waals surface area contributed by atoms with Crippen LogP contribution in [0.3, 0.4) is 0 Å². The first-order valence-corrected chi connectivity index (χ1v) is 10.2. The molecule has 1 heterocycles. The monoisotopic (exact) mass is 390 g/mol. The van der Waals surface area contributed by atoms with Crippen LogP contribution in [0.2, 0.25) is 0 Å². The first-order chi connectivity index (χ1) is 13.5. The van der Waals surface area contributed by atoms with Gasteiger partial charge in [0.2, 0.25) is 0 Å². The topological polar surface area (TPSA) is 84.0 Å². The van der Waals surface area contributed by atoms with Crippen LogP contribution < -0.4 is 10.3 Å². The van der Waals surface area contributed by atoms with E-state index >= 15 is 0 Å². The van der Waals surface area contributed by atoms with Crippen LogP contribution in [0.4, 0.5) is 5.82 Å². The molecule has 0 aliphatic heterocycles. The summed E-state index contributed by atoms with van der Waals surface area (Å²) >= 11 is 0. The van der Waals surface area contributed by atoms with Gasteiger partial charge in [0.05, 0.1) is 4.90 Å². The molecule has 0 radical (unpaired) electrons. The molecule has 140 valence electrons. The van der Waals surface area contributed by atoms with Crippen LogP contribution in [0.15, 0.2) is 83.8 Å². The summed E-state index contributed by atoms with van der Waals surface area (Å²) in [4.78, 5) is 2.55. The highest BCUT2D eigenvalue weighted by molar-refractivity contribution is 7.89. The minimum atomic E-state index is -3.74. The normalized spacial score (nSPS) is 11.5. The van der Waals surface area contributed by atoms with Gasteiger partial charge in [-0.2, -0.15) is 0 Å². The maximum absolute atomic E-state index is 12.5. The fourth-order valence-corrected chi connectivity index (χ4v) is 3.74. The summed E-state index contributed by atoms with van der Waals surface area (Å²) in [7, 11) is -3.74. The number of aromatic nitrogens is 2. The van der Waals surface area contributed by atoms with Gasteiger partial charge in [-0.15, -0.1) is 15.0 Å². The second kappa shape index (κ2) is 7.38. The molecule has 0 aliphatic rings. The lowest BCUT2D eigenvalue weighted by Gasteiger charge is -2.12. The molecule has 0 saturated carbocycles. The van der Waals surface area contributed by atoms with Crippen molar-refractivity contribution in [1.82, 2.24) is 15.0 Å². The van der Waals surface area contributed by atoms with E-state index < -0.39 is 10.0 Å². The van der Waals surface area contributed by atoms with Crippen LogP contribution in [0.1, 0.15) is 5.56 Å². The first kappa shape index (κ1) is 18.1. The lowest BCUT2D eigenvalue weighted by molar-refractivity contribution is 0.587. The highest BCUT2D eigenvalue weighted by Crippen LogP contribution is 2.29. The van der Waals surface area contributed by atoms with Gasteiger partial charge in [-0.25, -0.2) is 8.42 Å². The molecule has 2 N–H and O–H groups in total. The molecule has 0 saturated heterocycles. The summed E-state index contributed by atoms with van der Waals surface area (Å²) in [5.41, 5.74) is 5.38. The molecule has 4 aromatic rings. The average molecular weight is 390 g/mol. The largest absolute Gasteiger partial charge is 0.290 e. The summed E-state index contributed by atoms with van der Waals surface area (Å²) in [6.07, 6.45) is 0. The average Bonchev–Trinajstić information content (AvgIpc) is 2.73.